The third-order valence-corrected chi connectivity index (χ3v) is 6.80. The molecule has 0 atom stereocenters. The van der Waals surface area contributed by atoms with Crippen LogP contribution in [-0.4, -0.2) is 40.8 Å². The first-order valence-electron chi connectivity index (χ1n) is 9.53. The van der Waals surface area contributed by atoms with E-state index in [4.69, 9.17) is 0 Å². The summed E-state index contributed by atoms with van der Waals surface area (Å²) in [6, 6.07) is 20.5. The Kier molecular flexibility index (Phi) is 5.42. The number of pyridine rings is 1. The molecule has 4 aromatic rings. The Morgan fingerprint density at radius 1 is 1.00 bits per heavy atom. The van der Waals surface area contributed by atoms with E-state index in [-0.39, 0.29) is 4.90 Å². The summed E-state index contributed by atoms with van der Waals surface area (Å²) in [7, 11) is -3.61. The highest BCUT2D eigenvalue weighted by molar-refractivity contribution is 7.89. The molecule has 0 amide bonds. The van der Waals surface area contributed by atoms with Gasteiger partial charge in [0.05, 0.1) is 15.9 Å². The normalized spacial score (nSPS) is 11.9. The molecule has 2 aromatic heterocycles. The third-order valence-electron chi connectivity index (χ3n) is 4.83. The van der Waals surface area contributed by atoms with E-state index in [0.29, 0.717) is 25.0 Å². The number of likely N-dealkylation sites (N-methyl/N-ethyl adjacent to an activating group) is 1. The molecule has 0 radical (unpaired) electrons. The number of H-pyrrole nitrogens is 1. The van der Waals surface area contributed by atoms with E-state index in [1.165, 1.54) is 4.31 Å². The lowest BCUT2D eigenvalue weighted by Gasteiger charge is -2.20. The standard InChI is InChI=1S/C22H22N4O2S/c1-2-26(15-13-18-10-6-7-14-23-18)29(27,28)19-11-12-20-21(16-19)25-22(24-20)17-8-4-3-5-9-17/h3-12,14,16H,2,13,15H2,1H3,(H,24,25). The molecule has 0 aliphatic heterocycles. The van der Waals surface area contributed by atoms with E-state index in [2.05, 4.69) is 15.0 Å². The number of fused-ring (bicyclic) bond motifs is 1. The van der Waals surface area contributed by atoms with Gasteiger partial charge in [-0.15, -0.1) is 0 Å². The Morgan fingerprint density at radius 2 is 1.79 bits per heavy atom. The zero-order valence-electron chi connectivity index (χ0n) is 16.1. The van der Waals surface area contributed by atoms with E-state index in [9.17, 15) is 8.42 Å². The number of hydrogen-bond acceptors (Lipinski definition) is 4. The predicted octanol–water partition coefficient (Wildman–Crippen LogP) is 3.88. The molecule has 148 valence electrons. The number of sulfonamides is 1. The van der Waals surface area contributed by atoms with Crippen molar-refractivity contribution < 1.29 is 8.42 Å². The van der Waals surface area contributed by atoms with Gasteiger partial charge < -0.3 is 4.98 Å². The fourth-order valence-electron chi connectivity index (χ4n) is 3.26. The van der Waals surface area contributed by atoms with Crippen LogP contribution >= 0.6 is 0 Å². The van der Waals surface area contributed by atoms with Gasteiger partial charge in [-0.2, -0.15) is 4.31 Å². The van der Waals surface area contributed by atoms with Gasteiger partial charge >= 0.3 is 0 Å². The van der Waals surface area contributed by atoms with E-state index < -0.39 is 10.0 Å². The van der Waals surface area contributed by atoms with Crippen molar-refractivity contribution >= 4 is 21.1 Å². The molecule has 0 saturated carbocycles. The zero-order chi connectivity index (χ0) is 20.3. The molecular weight excluding hydrogens is 384 g/mol. The maximum Gasteiger partial charge on any atom is 0.243 e. The zero-order valence-corrected chi connectivity index (χ0v) is 16.9. The number of benzene rings is 2. The Hall–Kier alpha value is -3.03. The van der Waals surface area contributed by atoms with Crippen molar-refractivity contribution in [1.82, 2.24) is 19.3 Å². The minimum Gasteiger partial charge on any atom is -0.338 e. The number of rotatable bonds is 7. The summed E-state index contributed by atoms with van der Waals surface area (Å²) in [5.41, 5.74) is 3.27. The van der Waals surface area contributed by atoms with E-state index >= 15 is 0 Å². The van der Waals surface area contributed by atoms with Gasteiger partial charge in [0.25, 0.3) is 0 Å². The molecule has 0 saturated heterocycles. The Labute approximate surface area is 170 Å². The van der Waals surface area contributed by atoms with Crippen LogP contribution < -0.4 is 0 Å². The van der Waals surface area contributed by atoms with Gasteiger partial charge in [0.2, 0.25) is 10.0 Å². The molecule has 2 aromatic carbocycles. The van der Waals surface area contributed by atoms with Crippen LogP contribution in [-0.2, 0) is 16.4 Å². The van der Waals surface area contributed by atoms with Crippen molar-refractivity contribution in [3.8, 4) is 11.4 Å². The molecule has 0 unspecified atom stereocenters. The minimum atomic E-state index is -3.61. The highest BCUT2D eigenvalue weighted by Crippen LogP contribution is 2.24. The second-order valence-corrected chi connectivity index (χ2v) is 8.64. The maximum absolute atomic E-state index is 13.2. The van der Waals surface area contributed by atoms with Crippen LogP contribution in [0.15, 0.2) is 77.8 Å². The molecule has 7 heteroatoms. The highest BCUT2D eigenvalue weighted by Gasteiger charge is 2.23. The van der Waals surface area contributed by atoms with Crippen molar-refractivity contribution in [2.45, 2.75) is 18.2 Å². The Balaban J connectivity index is 1.61. The topological polar surface area (TPSA) is 79.0 Å². The molecule has 4 rings (SSSR count). The van der Waals surface area contributed by atoms with Crippen LogP contribution in [0.25, 0.3) is 22.4 Å². The van der Waals surface area contributed by atoms with Gasteiger partial charge in [-0.25, -0.2) is 13.4 Å². The smallest absolute Gasteiger partial charge is 0.243 e. The number of aromatic nitrogens is 3. The molecule has 2 heterocycles. The van der Waals surface area contributed by atoms with Gasteiger partial charge in [-0.1, -0.05) is 43.3 Å². The summed E-state index contributed by atoms with van der Waals surface area (Å²) in [5, 5.41) is 0. The van der Waals surface area contributed by atoms with Gasteiger partial charge in [0.1, 0.15) is 5.82 Å². The minimum absolute atomic E-state index is 0.260. The summed E-state index contributed by atoms with van der Waals surface area (Å²) in [6.07, 6.45) is 2.29. The first kappa shape index (κ1) is 19.3. The molecule has 0 aliphatic rings. The second-order valence-electron chi connectivity index (χ2n) is 6.70. The molecule has 29 heavy (non-hydrogen) atoms. The summed E-state index contributed by atoms with van der Waals surface area (Å²) >= 11 is 0. The average molecular weight is 407 g/mol. The lowest BCUT2D eigenvalue weighted by molar-refractivity contribution is 0.429. The number of nitrogens with zero attached hydrogens (tertiary/aromatic N) is 3. The number of hydrogen-bond donors (Lipinski definition) is 1. The van der Waals surface area contributed by atoms with E-state index in [1.807, 2.05) is 55.5 Å². The lowest BCUT2D eigenvalue weighted by Crippen LogP contribution is -2.33. The molecule has 1 N–H and O–H groups in total. The largest absolute Gasteiger partial charge is 0.338 e. The lowest BCUT2D eigenvalue weighted by atomic mass is 10.2. The van der Waals surface area contributed by atoms with E-state index in [0.717, 1.165) is 22.6 Å². The highest BCUT2D eigenvalue weighted by atomic mass is 32.2. The number of imidazole rings is 1. The monoisotopic (exact) mass is 406 g/mol. The average Bonchev–Trinajstić information content (AvgIpc) is 3.19. The van der Waals surface area contributed by atoms with Gasteiger partial charge in [0, 0.05) is 37.0 Å². The predicted molar refractivity (Wildman–Crippen MR) is 114 cm³/mol. The van der Waals surface area contributed by atoms with Crippen LogP contribution in [0.1, 0.15) is 12.6 Å². The quantitative estimate of drug-likeness (QED) is 0.505. The number of aromatic amines is 1. The van der Waals surface area contributed by atoms with Crippen molar-refractivity contribution in [2.24, 2.45) is 0 Å². The SMILES string of the molecule is CCN(CCc1ccccn1)S(=O)(=O)c1ccc2nc(-c3ccccc3)[nH]c2c1. The summed E-state index contributed by atoms with van der Waals surface area (Å²) in [5.74, 6) is 0.720. The molecule has 0 bridgehead atoms. The fourth-order valence-corrected chi connectivity index (χ4v) is 4.74. The van der Waals surface area contributed by atoms with Crippen LogP contribution in [0.5, 0.6) is 0 Å². The first-order valence-corrected chi connectivity index (χ1v) is 11.0. The fraction of sp³-hybridized carbons (Fsp3) is 0.182. The van der Waals surface area contributed by atoms with Crippen LogP contribution in [0.4, 0.5) is 0 Å². The van der Waals surface area contributed by atoms with Crippen molar-refractivity contribution in [3.63, 3.8) is 0 Å². The molecule has 0 aliphatic carbocycles. The van der Waals surface area contributed by atoms with Crippen molar-refractivity contribution in [3.05, 3.63) is 78.6 Å². The van der Waals surface area contributed by atoms with Gasteiger partial charge in [0.15, 0.2) is 0 Å². The van der Waals surface area contributed by atoms with Crippen LogP contribution in [0.3, 0.4) is 0 Å². The van der Waals surface area contributed by atoms with Crippen molar-refractivity contribution in [2.75, 3.05) is 13.1 Å². The van der Waals surface area contributed by atoms with Gasteiger partial charge in [-0.3, -0.25) is 4.98 Å². The molecule has 0 fully saturated rings. The number of nitrogens with one attached hydrogen (secondary N) is 1. The Morgan fingerprint density at radius 3 is 2.52 bits per heavy atom. The summed E-state index contributed by atoms with van der Waals surface area (Å²) in [4.78, 5) is 12.3. The Bertz CT molecular complexity index is 1210. The van der Waals surface area contributed by atoms with Crippen molar-refractivity contribution in [1.29, 1.82) is 0 Å². The van der Waals surface area contributed by atoms with Crippen LogP contribution in [0.2, 0.25) is 0 Å². The van der Waals surface area contributed by atoms with Crippen LogP contribution in [0, 0.1) is 0 Å². The third kappa shape index (κ3) is 4.06. The van der Waals surface area contributed by atoms with Gasteiger partial charge in [-0.05, 0) is 30.3 Å². The second kappa shape index (κ2) is 8.14. The molecule has 0 spiro atoms. The summed E-state index contributed by atoms with van der Waals surface area (Å²) in [6.45, 7) is 2.62. The summed E-state index contributed by atoms with van der Waals surface area (Å²) < 4.78 is 27.8. The first-order chi connectivity index (χ1) is 14.1. The molecule has 6 nitrogen and oxygen atoms in total. The maximum atomic E-state index is 13.2. The molecular formula is C22H22N4O2S. The van der Waals surface area contributed by atoms with E-state index in [1.54, 1.807) is 24.4 Å².